The molecule has 5 nitrogen and oxygen atoms in total. The minimum atomic E-state index is -0.133. The molecule has 0 saturated carbocycles. The largest absolute Gasteiger partial charge is 0.463 e. The highest BCUT2D eigenvalue weighted by Crippen LogP contribution is 2.23. The van der Waals surface area contributed by atoms with Crippen molar-refractivity contribution in [3.05, 3.63) is 35.6 Å². The Labute approximate surface area is 129 Å². The first-order valence-electron chi connectivity index (χ1n) is 7.75. The molecule has 1 saturated heterocycles. The number of aryl methyl sites for hydroxylation is 1. The van der Waals surface area contributed by atoms with Crippen LogP contribution in [0.5, 0.6) is 0 Å². The number of amides is 2. The standard InChI is InChI=1S/C17H20N2O3/c1-2-11-3-5-15-13(9-11)14(10-22-15)17(21)19-12-4-6-16(20)18-8-7-12/h3,5,9-10,12H,2,4,6-8H2,1H3,(H,18,20)(H,19,21)/t12-/m1/s1. The Kier molecular flexibility index (Phi) is 4.13. The Morgan fingerprint density at radius 1 is 1.41 bits per heavy atom. The van der Waals surface area contributed by atoms with Crippen molar-refractivity contribution in [2.45, 2.75) is 38.6 Å². The average molecular weight is 300 g/mol. The maximum Gasteiger partial charge on any atom is 0.255 e. The second kappa shape index (κ2) is 6.22. The minimum Gasteiger partial charge on any atom is -0.463 e. The van der Waals surface area contributed by atoms with E-state index in [1.165, 1.54) is 11.8 Å². The van der Waals surface area contributed by atoms with E-state index in [1.54, 1.807) is 0 Å². The fraction of sp³-hybridized carbons (Fsp3) is 0.412. The number of hydrogen-bond donors (Lipinski definition) is 2. The number of hydrogen-bond acceptors (Lipinski definition) is 3. The molecule has 0 unspecified atom stereocenters. The van der Waals surface area contributed by atoms with E-state index in [-0.39, 0.29) is 17.9 Å². The molecule has 3 rings (SSSR count). The molecule has 1 atom stereocenters. The Bertz CT molecular complexity index is 705. The summed E-state index contributed by atoms with van der Waals surface area (Å²) in [6.45, 7) is 2.69. The third-order valence-corrected chi connectivity index (χ3v) is 4.16. The van der Waals surface area contributed by atoms with Gasteiger partial charge in [0.05, 0.1) is 5.56 Å². The van der Waals surface area contributed by atoms with Crippen LogP contribution in [0.2, 0.25) is 0 Å². The van der Waals surface area contributed by atoms with Crippen molar-refractivity contribution in [1.82, 2.24) is 10.6 Å². The molecule has 1 aromatic heterocycles. The van der Waals surface area contributed by atoms with E-state index < -0.39 is 0 Å². The summed E-state index contributed by atoms with van der Waals surface area (Å²) in [4.78, 5) is 23.9. The molecule has 22 heavy (non-hydrogen) atoms. The summed E-state index contributed by atoms with van der Waals surface area (Å²) in [6.07, 6.45) is 4.32. The molecule has 1 aliphatic rings. The van der Waals surface area contributed by atoms with E-state index in [0.717, 1.165) is 23.8 Å². The molecule has 116 valence electrons. The summed E-state index contributed by atoms with van der Waals surface area (Å²) < 4.78 is 5.47. The van der Waals surface area contributed by atoms with Gasteiger partial charge in [0.1, 0.15) is 11.8 Å². The van der Waals surface area contributed by atoms with E-state index in [2.05, 4.69) is 17.6 Å². The Morgan fingerprint density at radius 3 is 3.09 bits per heavy atom. The quantitative estimate of drug-likeness (QED) is 0.914. The van der Waals surface area contributed by atoms with Crippen LogP contribution in [0.4, 0.5) is 0 Å². The number of fused-ring (bicyclic) bond motifs is 1. The molecule has 1 aromatic carbocycles. The predicted molar refractivity (Wildman–Crippen MR) is 83.7 cm³/mol. The number of furan rings is 1. The lowest BCUT2D eigenvalue weighted by molar-refractivity contribution is -0.120. The molecule has 0 spiro atoms. The van der Waals surface area contributed by atoms with Gasteiger partial charge >= 0.3 is 0 Å². The highest BCUT2D eigenvalue weighted by atomic mass is 16.3. The topological polar surface area (TPSA) is 71.3 Å². The van der Waals surface area contributed by atoms with Crippen LogP contribution in [0.15, 0.2) is 28.9 Å². The number of benzene rings is 1. The molecular formula is C17H20N2O3. The first kappa shape index (κ1) is 14.6. The van der Waals surface area contributed by atoms with E-state index in [0.29, 0.717) is 24.9 Å². The number of rotatable bonds is 3. The molecule has 2 amide bonds. The van der Waals surface area contributed by atoms with Crippen molar-refractivity contribution < 1.29 is 14.0 Å². The smallest absolute Gasteiger partial charge is 0.255 e. The summed E-state index contributed by atoms with van der Waals surface area (Å²) in [5, 5.41) is 6.69. The molecule has 0 aliphatic carbocycles. The molecule has 2 aromatic rings. The van der Waals surface area contributed by atoms with Crippen molar-refractivity contribution in [3.8, 4) is 0 Å². The van der Waals surface area contributed by atoms with Crippen LogP contribution in [0.1, 0.15) is 42.1 Å². The lowest BCUT2D eigenvalue weighted by atomic mass is 10.1. The molecule has 5 heteroatoms. The minimum absolute atomic E-state index is 0.0192. The van der Waals surface area contributed by atoms with E-state index in [9.17, 15) is 9.59 Å². The van der Waals surface area contributed by atoms with Gasteiger partial charge in [-0.25, -0.2) is 0 Å². The number of nitrogens with one attached hydrogen (secondary N) is 2. The van der Waals surface area contributed by atoms with Crippen LogP contribution < -0.4 is 10.6 Å². The van der Waals surface area contributed by atoms with E-state index in [1.807, 2.05) is 18.2 Å². The van der Waals surface area contributed by atoms with E-state index >= 15 is 0 Å². The second-order valence-corrected chi connectivity index (χ2v) is 5.68. The third-order valence-electron chi connectivity index (χ3n) is 4.16. The summed E-state index contributed by atoms with van der Waals surface area (Å²) in [7, 11) is 0. The molecule has 2 heterocycles. The number of carbonyl (C=O) groups excluding carboxylic acids is 2. The first-order chi connectivity index (χ1) is 10.7. The maximum absolute atomic E-state index is 12.5. The van der Waals surface area contributed by atoms with Crippen molar-refractivity contribution in [3.63, 3.8) is 0 Å². The highest BCUT2D eigenvalue weighted by molar-refractivity contribution is 6.06. The van der Waals surface area contributed by atoms with Gasteiger partial charge in [-0.1, -0.05) is 13.0 Å². The van der Waals surface area contributed by atoms with Crippen LogP contribution in [0.3, 0.4) is 0 Å². The van der Waals surface area contributed by atoms with Crippen LogP contribution in [0, 0.1) is 0 Å². The fourth-order valence-electron chi connectivity index (χ4n) is 2.80. The molecule has 0 radical (unpaired) electrons. The second-order valence-electron chi connectivity index (χ2n) is 5.68. The lowest BCUT2D eigenvalue weighted by Crippen LogP contribution is -2.35. The zero-order valence-corrected chi connectivity index (χ0v) is 12.6. The van der Waals surface area contributed by atoms with Crippen molar-refractivity contribution in [2.24, 2.45) is 0 Å². The normalized spacial score (nSPS) is 18.8. The van der Waals surface area contributed by atoms with Crippen molar-refractivity contribution in [2.75, 3.05) is 6.54 Å². The monoisotopic (exact) mass is 300 g/mol. The molecule has 2 N–H and O–H groups in total. The molecule has 1 fully saturated rings. The zero-order chi connectivity index (χ0) is 15.5. The van der Waals surface area contributed by atoms with Gasteiger partial charge < -0.3 is 15.1 Å². The summed E-state index contributed by atoms with van der Waals surface area (Å²) in [6, 6.07) is 5.94. The van der Waals surface area contributed by atoms with Crippen LogP contribution in [-0.2, 0) is 11.2 Å². The SMILES string of the molecule is CCc1ccc2occ(C(=O)N[C@H]3CCNC(=O)CC3)c2c1. The van der Waals surface area contributed by atoms with Gasteiger partial charge in [-0.05, 0) is 37.0 Å². The Balaban J connectivity index is 1.78. The molecule has 1 aliphatic heterocycles. The van der Waals surface area contributed by atoms with Crippen molar-refractivity contribution >= 4 is 22.8 Å². The Morgan fingerprint density at radius 2 is 2.27 bits per heavy atom. The predicted octanol–water partition coefficient (Wildman–Crippen LogP) is 2.39. The fourth-order valence-corrected chi connectivity index (χ4v) is 2.80. The van der Waals surface area contributed by atoms with Crippen LogP contribution in [0.25, 0.3) is 11.0 Å². The van der Waals surface area contributed by atoms with Gasteiger partial charge in [0, 0.05) is 24.4 Å². The van der Waals surface area contributed by atoms with Gasteiger partial charge in [0.15, 0.2) is 0 Å². The molecular weight excluding hydrogens is 280 g/mol. The number of carbonyl (C=O) groups is 2. The van der Waals surface area contributed by atoms with Crippen molar-refractivity contribution in [1.29, 1.82) is 0 Å². The zero-order valence-electron chi connectivity index (χ0n) is 12.6. The average Bonchev–Trinajstić information content (AvgIpc) is 2.84. The van der Waals surface area contributed by atoms with E-state index in [4.69, 9.17) is 4.42 Å². The van der Waals surface area contributed by atoms with Crippen LogP contribution in [-0.4, -0.2) is 24.4 Å². The van der Waals surface area contributed by atoms with Gasteiger partial charge in [-0.15, -0.1) is 0 Å². The lowest BCUT2D eigenvalue weighted by Gasteiger charge is -2.14. The van der Waals surface area contributed by atoms with Crippen LogP contribution >= 0.6 is 0 Å². The summed E-state index contributed by atoms with van der Waals surface area (Å²) in [5.74, 6) is -0.0792. The highest BCUT2D eigenvalue weighted by Gasteiger charge is 2.20. The maximum atomic E-state index is 12.5. The summed E-state index contributed by atoms with van der Waals surface area (Å²) >= 11 is 0. The first-order valence-corrected chi connectivity index (χ1v) is 7.75. The van der Waals surface area contributed by atoms with Gasteiger partial charge in [0.25, 0.3) is 5.91 Å². The van der Waals surface area contributed by atoms with Gasteiger partial charge in [-0.2, -0.15) is 0 Å². The van der Waals surface area contributed by atoms with Gasteiger partial charge in [0.2, 0.25) is 5.91 Å². The molecule has 0 bridgehead atoms. The Hall–Kier alpha value is -2.30. The third kappa shape index (κ3) is 2.98. The van der Waals surface area contributed by atoms with Gasteiger partial charge in [-0.3, -0.25) is 9.59 Å². The summed E-state index contributed by atoms with van der Waals surface area (Å²) in [5.41, 5.74) is 2.46.